The SMILES string of the molecule is CC/C=C/CCOc1c(OC(C)C)c(=O)oc2cc(O)ccc12. The summed E-state index contributed by atoms with van der Waals surface area (Å²) in [6, 6.07) is 4.56. The van der Waals surface area contributed by atoms with Crippen LogP contribution in [0, 0.1) is 0 Å². The fourth-order valence-corrected chi connectivity index (χ4v) is 2.14. The van der Waals surface area contributed by atoms with Gasteiger partial charge in [-0.15, -0.1) is 0 Å². The van der Waals surface area contributed by atoms with Crippen molar-refractivity contribution in [3.8, 4) is 17.2 Å². The normalized spacial score (nSPS) is 11.5. The van der Waals surface area contributed by atoms with Gasteiger partial charge in [0.1, 0.15) is 11.3 Å². The van der Waals surface area contributed by atoms with E-state index in [9.17, 15) is 9.90 Å². The predicted octanol–water partition coefficient (Wildman–Crippen LogP) is 4.02. The highest BCUT2D eigenvalue weighted by Gasteiger charge is 2.19. The molecule has 0 spiro atoms. The van der Waals surface area contributed by atoms with Gasteiger partial charge in [-0.25, -0.2) is 4.79 Å². The number of phenolic OH excluding ortho intramolecular Hbond substituents is 1. The summed E-state index contributed by atoms with van der Waals surface area (Å²) in [5, 5.41) is 10.2. The summed E-state index contributed by atoms with van der Waals surface area (Å²) >= 11 is 0. The van der Waals surface area contributed by atoms with E-state index < -0.39 is 5.63 Å². The van der Waals surface area contributed by atoms with Crippen LogP contribution in [0.5, 0.6) is 17.2 Å². The second-order valence-electron chi connectivity index (χ2n) is 5.41. The Kier molecular flexibility index (Phi) is 5.68. The lowest BCUT2D eigenvalue weighted by Crippen LogP contribution is -2.15. The number of benzene rings is 1. The Morgan fingerprint density at radius 3 is 2.74 bits per heavy atom. The number of aromatic hydroxyl groups is 1. The van der Waals surface area contributed by atoms with Crippen LogP contribution in [0.3, 0.4) is 0 Å². The molecule has 5 nitrogen and oxygen atoms in total. The average Bonchev–Trinajstić information content (AvgIpc) is 2.49. The minimum Gasteiger partial charge on any atom is -0.508 e. The zero-order valence-corrected chi connectivity index (χ0v) is 13.7. The summed E-state index contributed by atoms with van der Waals surface area (Å²) in [4.78, 5) is 12.2. The minimum atomic E-state index is -0.615. The Bertz CT molecular complexity index is 743. The summed E-state index contributed by atoms with van der Waals surface area (Å²) < 4.78 is 16.6. The molecule has 1 aromatic carbocycles. The van der Waals surface area contributed by atoms with E-state index in [-0.39, 0.29) is 23.2 Å². The molecule has 0 amide bonds. The minimum absolute atomic E-state index is 0.0232. The molecule has 0 bridgehead atoms. The van der Waals surface area contributed by atoms with Crippen LogP contribution in [-0.4, -0.2) is 17.8 Å². The van der Waals surface area contributed by atoms with Gasteiger partial charge in [-0.05, 0) is 38.8 Å². The molecule has 1 aromatic heterocycles. The van der Waals surface area contributed by atoms with Crippen LogP contribution in [0.2, 0.25) is 0 Å². The maximum Gasteiger partial charge on any atom is 0.383 e. The third-order valence-corrected chi connectivity index (χ3v) is 3.09. The number of ether oxygens (including phenoxy) is 2. The van der Waals surface area contributed by atoms with Gasteiger partial charge in [-0.3, -0.25) is 0 Å². The lowest BCUT2D eigenvalue weighted by molar-refractivity contribution is 0.213. The van der Waals surface area contributed by atoms with E-state index in [0.717, 1.165) is 12.8 Å². The van der Waals surface area contributed by atoms with Crippen molar-refractivity contribution < 1.29 is 19.0 Å². The van der Waals surface area contributed by atoms with Gasteiger partial charge in [0.05, 0.1) is 18.1 Å². The zero-order chi connectivity index (χ0) is 16.8. The number of rotatable bonds is 7. The van der Waals surface area contributed by atoms with Crippen molar-refractivity contribution in [2.45, 2.75) is 39.7 Å². The maximum atomic E-state index is 12.2. The van der Waals surface area contributed by atoms with Crippen molar-refractivity contribution in [1.29, 1.82) is 0 Å². The van der Waals surface area contributed by atoms with Crippen LogP contribution in [0.1, 0.15) is 33.6 Å². The third-order valence-electron chi connectivity index (χ3n) is 3.09. The van der Waals surface area contributed by atoms with E-state index in [4.69, 9.17) is 13.9 Å². The molecule has 0 aliphatic carbocycles. The highest BCUT2D eigenvalue weighted by atomic mass is 16.5. The molecule has 0 saturated carbocycles. The Hall–Kier alpha value is -2.43. The average molecular weight is 318 g/mol. The molecule has 1 N–H and O–H groups in total. The number of fused-ring (bicyclic) bond motifs is 1. The van der Waals surface area contributed by atoms with E-state index in [1.54, 1.807) is 6.07 Å². The zero-order valence-electron chi connectivity index (χ0n) is 13.7. The highest BCUT2D eigenvalue weighted by Crippen LogP contribution is 2.34. The van der Waals surface area contributed by atoms with Crippen molar-refractivity contribution in [2.24, 2.45) is 0 Å². The maximum absolute atomic E-state index is 12.2. The highest BCUT2D eigenvalue weighted by molar-refractivity contribution is 5.86. The molecule has 2 rings (SSSR count). The first-order valence-electron chi connectivity index (χ1n) is 7.77. The van der Waals surface area contributed by atoms with Gasteiger partial charge in [0.25, 0.3) is 0 Å². The smallest absolute Gasteiger partial charge is 0.383 e. The van der Waals surface area contributed by atoms with Crippen LogP contribution < -0.4 is 15.1 Å². The van der Waals surface area contributed by atoms with Crippen molar-refractivity contribution >= 4 is 11.0 Å². The molecular weight excluding hydrogens is 296 g/mol. The molecule has 0 fully saturated rings. The lowest BCUT2D eigenvalue weighted by atomic mass is 10.2. The van der Waals surface area contributed by atoms with Crippen LogP contribution in [0.4, 0.5) is 0 Å². The van der Waals surface area contributed by atoms with Crippen LogP contribution in [-0.2, 0) is 0 Å². The van der Waals surface area contributed by atoms with Crippen molar-refractivity contribution in [3.05, 3.63) is 40.8 Å². The molecule has 2 aromatic rings. The molecule has 1 heterocycles. The van der Waals surface area contributed by atoms with Gasteiger partial charge < -0.3 is 19.0 Å². The van der Waals surface area contributed by atoms with E-state index >= 15 is 0 Å². The molecule has 124 valence electrons. The molecule has 0 unspecified atom stereocenters. The Balaban J connectivity index is 2.42. The molecule has 0 atom stereocenters. The predicted molar refractivity (Wildman–Crippen MR) is 89.5 cm³/mol. The second-order valence-corrected chi connectivity index (χ2v) is 5.41. The van der Waals surface area contributed by atoms with Crippen LogP contribution in [0.25, 0.3) is 11.0 Å². The van der Waals surface area contributed by atoms with E-state index in [1.807, 2.05) is 19.9 Å². The first kappa shape index (κ1) is 16.9. The fourth-order valence-electron chi connectivity index (χ4n) is 2.14. The fraction of sp³-hybridized carbons (Fsp3) is 0.389. The van der Waals surface area contributed by atoms with E-state index in [0.29, 0.717) is 17.7 Å². The Labute approximate surface area is 135 Å². The quantitative estimate of drug-likeness (QED) is 0.474. The Morgan fingerprint density at radius 2 is 2.04 bits per heavy atom. The van der Waals surface area contributed by atoms with Crippen molar-refractivity contribution in [2.75, 3.05) is 6.61 Å². The van der Waals surface area contributed by atoms with Gasteiger partial charge in [0.15, 0.2) is 5.75 Å². The van der Waals surface area contributed by atoms with Crippen LogP contribution >= 0.6 is 0 Å². The number of allylic oxidation sites excluding steroid dienone is 1. The van der Waals surface area contributed by atoms with Crippen LogP contribution in [0.15, 0.2) is 39.6 Å². The standard InChI is InChI=1S/C18H22O5/c1-4-5-6-7-10-21-16-14-9-8-13(19)11-15(14)23-18(20)17(16)22-12(2)3/h5-6,8-9,11-12,19H,4,7,10H2,1-3H3/b6-5+. The number of hydrogen-bond donors (Lipinski definition) is 1. The largest absolute Gasteiger partial charge is 0.508 e. The van der Waals surface area contributed by atoms with Crippen molar-refractivity contribution in [1.82, 2.24) is 0 Å². The molecule has 0 radical (unpaired) electrons. The molecule has 0 aliphatic rings. The van der Waals surface area contributed by atoms with Gasteiger partial charge in [0.2, 0.25) is 5.75 Å². The third kappa shape index (κ3) is 4.28. The van der Waals surface area contributed by atoms with Gasteiger partial charge in [-0.2, -0.15) is 0 Å². The summed E-state index contributed by atoms with van der Waals surface area (Å²) in [5.41, 5.74) is -0.346. The first-order chi connectivity index (χ1) is 11.0. The summed E-state index contributed by atoms with van der Waals surface area (Å²) in [6.45, 7) is 6.14. The molecular formula is C18H22O5. The van der Waals surface area contributed by atoms with E-state index in [1.165, 1.54) is 12.1 Å². The molecule has 23 heavy (non-hydrogen) atoms. The van der Waals surface area contributed by atoms with Gasteiger partial charge in [0, 0.05) is 6.07 Å². The molecule has 0 saturated heterocycles. The molecule has 5 heteroatoms. The molecule has 0 aliphatic heterocycles. The number of hydrogen-bond acceptors (Lipinski definition) is 5. The second kappa shape index (κ2) is 7.72. The number of phenols is 1. The monoisotopic (exact) mass is 318 g/mol. The summed E-state index contributed by atoms with van der Waals surface area (Å²) in [7, 11) is 0. The summed E-state index contributed by atoms with van der Waals surface area (Å²) in [6.07, 6.45) is 5.61. The lowest BCUT2D eigenvalue weighted by Gasteiger charge is -2.15. The van der Waals surface area contributed by atoms with Gasteiger partial charge in [-0.1, -0.05) is 19.1 Å². The van der Waals surface area contributed by atoms with Crippen molar-refractivity contribution in [3.63, 3.8) is 0 Å². The topological polar surface area (TPSA) is 68.9 Å². The first-order valence-corrected chi connectivity index (χ1v) is 7.77. The summed E-state index contributed by atoms with van der Waals surface area (Å²) in [5.74, 6) is 0.447. The van der Waals surface area contributed by atoms with E-state index in [2.05, 4.69) is 13.0 Å². The van der Waals surface area contributed by atoms with Gasteiger partial charge >= 0.3 is 5.63 Å². The Morgan fingerprint density at radius 1 is 1.26 bits per heavy atom.